The number of alkyl halides is 6. The molecule has 2 aromatic carbocycles. The second kappa shape index (κ2) is 17.7. The van der Waals surface area contributed by atoms with E-state index in [1.807, 2.05) is 14.2 Å². The summed E-state index contributed by atoms with van der Waals surface area (Å²) in [6.45, 7) is 14.4. The molecule has 8 fully saturated rings. The summed E-state index contributed by atoms with van der Waals surface area (Å²) in [5, 5.41) is 2.54. The molecule has 0 unspecified atom stereocenters. The maximum absolute atomic E-state index is 11.4. The minimum atomic E-state index is -6.72. The van der Waals surface area contributed by atoms with Gasteiger partial charge < -0.3 is 13.6 Å². The van der Waals surface area contributed by atoms with Gasteiger partial charge in [0, 0.05) is 10.9 Å². The molecule has 8 bridgehead atoms. The van der Waals surface area contributed by atoms with Crippen LogP contribution in [0.5, 0.6) is 11.5 Å². The molecule has 62 heavy (non-hydrogen) atoms. The first-order valence-corrected chi connectivity index (χ1v) is 26.1. The summed E-state index contributed by atoms with van der Waals surface area (Å²) < 4.78 is 122. The largest absolute Gasteiger partial charge is 1.00 e. The molecular weight excluding hydrogens is 1060 g/mol. The van der Waals surface area contributed by atoms with E-state index in [0.29, 0.717) is 28.1 Å². The SMILES string of the molecule is COc1ccc(OC)c(P(C23CC4CC(CC(C4)C2)C3)C23CC4CC(CC(C4)C2)C3)c1-c1c(C(C)C)cc(C(C)C)cc1C(C)C.O=S(=O)([N-]S(=O)(=O)C(F)(F)F)C(F)(F)F.[Au+]. The van der Waals surface area contributed by atoms with Gasteiger partial charge in [0.15, 0.2) is 20.0 Å². The van der Waals surface area contributed by atoms with Gasteiger partial charge in [0.2, 0.25) is 0 Å². The van der Waals surface area contributed by atoms with Gasteiger partial charge >= 0.3 is 33.4 Å². The van der Waals surface area contributed by atoms with E-state index in [-0.39, 0.29) is 22.4 Å². The molecule has 0 spiro atoms. The molecule has 0 N–H and O–H groups in total. The number of nitrogens with zero attached hydrogens (tertiary/aromatic N) is 1. The molecule has 0 radical (unpaired) electrons. The molecule has 17 heteroatoms. The standard InChI is InChI=1S/C43H61O2P.C2F6NO4S2.Au/c1-25(2)34-17-35(26(3)4)39(36(18-34)27(5)6)40-37(44-7)9-10-38(45-8)41(40)46(42-19-28-11-29(20-42)13-30(12-28)21-42)43-22-31-14-32(23-43)16-33(15-31)24-43;3-1(4,5)14(10,11)9-15(12,13)2(6,7)8;/h9-10,17-18,25-33H,11-16,19-24H2,1-8H3;;/q;-1;+1. The Labute approximate surface area is 381 Å². The Balaban J connectivity index is 0.000000346. The summed E-state index contributed by atoms with van der Waals surface area (Å²) in [5.74, 6) is 9.33. The van der Waals surface area contributed by atoms with Gasteiger partial charge in [-0.3, -0.25) is 0 Å². The van der Waals surface area contributed by atoms with E-state index in [1.165, 1.54) is 111 Å². The second-order valence-electron chi connectivity index (χ2n) is 20.3. The zero-order valence-electron chi connectivity index (χ0n) is 36.7. The van der Waals surface area contributed by atoms with Crippen molar-refractivity contribution in [1.29, 1.82) is 0 Å². The smallest absolute Gasteiger partial charge is 0.496 e. The molecule has 0 saturated heterocycles. The van der Waals surface area contributed by atoms with Crippen LogP contribution >= 0.6 is 7.92 Å². The predicted octanol–water partition coefficient (Wildman–Crippen LogP) is 12.8. The van der Waals surface area contributed by atoms with Crippen LogP contribution in [0.2, 0.25) is 0 Å². The fraction of sp³-hybridized carbons (Fsp3) is 0.733. The third kappa shape index (κ3) is 9.19. The van der Waals surface area contributed by atoms with Gasteiger partial charge in [0.25, 0.3) is 0 Å². The van der Waals surface area contributed by atoms with Crippen LogP contribution in [0.25, 0.3) is 15.3 Å². The van der Waals surface area contributed by atoms with Crippen molar-refractivity contribution in [1.82, 2.24) is 0 Å². The van der Waals surface area contributed by atoms with Crippen LogP contribution in [0.1, 0.15) is 153 Å². The summed E-state index contributed by atoms with van der Waals surface area (Å²) in [6, 6.07) is 9.71. The maximum atomic E-state index is 11.4. The van der Waals surface area contributed by atoms with Crippen LogP contribution in [0.4, 0.5) is 26.3 Å². The van der Waals surface area contributed by atoms with Crippen molar-refractivity contribution in [2.24, 2.45) is 35.5 Å². The van der Waals surface area contributed by atoms with Crippen LogP contribution in [0, 0.1) is 35.5 Å². The molecule has 7 nitrogen and oxygen atoms in total. The number of benzene rings is 2. The Morgan fingerprint density at radius 3 is 1.18 bits per heavy atom. The Hall–Kier alpha value is -1.35. The molecular formula is C45H61AuF6NO6PS2. The minimum absolute atomic E-state index is 0. The van der Waals surface area contributed by atoms with Crippen LogP contribution < -0.4 is 14.8 Å². The monoisotopic (exact) mass is 1120 g/mol. The average molecular weight is 1120 g/mol. The Morgan fingerprint density at radius 1 is 0.581 bits per heavy atom. The first kappa shape index (κ1) is 50.1. The minimum Gasteiger partial charge on any atom is -0.496 e. The second-order valence-corrected chi connectivity index (χ2v) is 26.7. The van der Waals surface area contributed by atoms with Gasteiger partial charge in [-0.2, -0.15) is 26.3 Å². The van der Waals surface area contributed by atoms with Gasteiger partial charge in [-0.15, -0.1) is 0 Å². The number of halogens is 6. The topological polar surface area (TPSA) is 101 Å². The van der Waals surface area contributed by atoms with Gasteiger partial charge in [-0.25, -0.2) is 16.8 Å². The van der Waals surface area contributed by atoms with Crippen molar-refractivity contribution in [3.05, 3.63) is 45.1 Å². The van der Waals surface area contributed by atoms with Gasteiger partial charge in [-0.1, -0.05) is 61.6 Å². The quantitative estimate of drug-likeness (QED) is 0.126. The first-order valence-electron chi connectivity index (χ1n) is 21.8. The number of rotatable bonds is 11. The first-order chi connectivity index (χ1) is 28.2. The maximum Gasteiger partial charge on any atom is 1.00 e. The number of hydrogen-bond acceptors (Lipinski definition) is 6. The Bertz CT molecular complexity index is 2030. The molecule has 0 aliphatic heterocycles. The van der Waals surface area contributed by atoms with E-state index in [2.05, 4.69) is 65.8 Å². The van der Waals surface area contributed by atoms with Crippen molar-refractivity contribution < 1.29 is 75.0 Å². The summed E-state index contributed by atoms with van der Waals surface area (Å²) in [6.07, 6.45) is 17.9. The van der Waals surface area contributed by atoms with Gasteiger partial charge in [0.05, 0.1) is 14.2 Å². The average Bonchev–Trinajstić information content (AvgIpc) is 3.11. The van der Waals surface area contributed by atoms with E-state index in [9.17, 15) is 43.2 Å². The predicted molar refractivity (Wildman–Crippen MR) is 229 cm³/mol. The molecule has 0 aromatic heterocycles. The molecule has 8 saturated carbocycles. The summed E-state index contributed by atoms with van der Waals surface area (Å²) in [4.78, 5) is 0. The number of sulfonamides is 2. The van der Waals surface area contributed by atoms with Gasteiger partial charge in [0.1, 0.15) is 11.5 Å². The summed E-state index contributed by atoms with van der Waals surface area (Å²) in [7, 11) is -10.0. The van der Waals surface area contributed by atoms with Gasteiger partial charge in [-0.05, 0) is 175 Å². The molecule has 8 aliphatic rings. The fourth-order valence-electron chi connectivity index (χ4n) is 13.5. The molecule has 8 aliphatic carbocycles. The van der Waals surface area contributed by atoms with E-state index >= 15 is 0 Å². The number of methoxy groups -OCH3 is 2. The zero-order chi connectivity index (χ0) is 44.8. The molecule has 352 valence electrons. The summed E-state index contributed by atoms with van der Waals surface area (Å²) in [5.41, 5.74) is -4.99. The third-order valence-electron chi connectivity index (χ3n) is 14.9. The Morgan fingerprint density at radius 2 is 0.903 bits per heavy atom. The van der Waals surface area contributed by atoms with Crippen molar-refractivity contribution in [2.45, 2.75) is 158 Å². The normalized spacial score (nSPS) is 30.7. The number of hydrogen-bond donors (Lipinski definition) is 0. The molecule has 0 atom stereocenters. The molecule has 0 amide bonds. The molecule has 0 heterocycles. The Kier molecular flexibility index (Phi) is 14.3. The van der Waals surface area contributed by atoms with Crippen molar-refractivity contribution in [3.8, 4) is 22.6 Å². The van der Waals surface area contributed by atoms with E-state index in [4.69, 9.17) is 9.47 Å². The van der Waals surface area contributed by atoms with E-state index in [1.54, 1.807) is 5.30 Å². The van der Waals surface area contributed by atoms with E-state index < -0.39 is 39.0 Å². The summed E-state index contributed by atoms with van der Waals surface area (Å²) >= 11 is 0. The van der Waals surface area contributed by atoms with Crippen molar-refractivity contribution in [3.63, 3.8) is 0 Å². The van der Waals surface area contributed by atoms with Crippen molar-refractivity contribution in [2.75, 3.05) is 14.2 Å². The van der Waals surface area contributed by atoms with Crippen LogP contribution in [-0.2, 0) is 42.4 Å². The van der Waals surface area contributed by atoms with Crippen molar-refractivity contribution >= 4 is 33.3 Å². The molecule has 10 rings (SSSR count). The fourth-order valence-corrected chi connectivity index (χ4v) is 20.6. The number of ether oxygens (including phenoxy) is 2. The van der Waals surface area contributed by atoms with Crippen LogP contribution in [0.15, 0.2) is 24.3 Å². The van der Waals surface area contributed by atoms with E-state index in [0.717, 1.165) is 45.4 Å². The third-order valence-corrected chi connectivity index (χ3v) is 21.5. The van der Waals surface area contributed by atoms with Crippen LogP contribution in [-0.4, -0.2) is 52.4 Å². The molecule has 2 aromatic rings. The van der Waals surface area contributed by atoms with Crippen LogP contribution in [0.3, 0.4) is 0 Å². The zero-order valence-corrected chi connectivity index (χ0v) is 41.4.